The molecule has 1 aliphatic rings. The Labute approximate surface area is 140 Å². The molecular formula is C19H20FNO3. The van der Waals surface area contributed by atoms with Crippen LogP contribution in [0, 0.1) is 5.82 Å². The molecule has 126 valence electrons. The number of hydrogen-bond acceptors (Lipinski definition) is 3. The van der Waals surface area contributed by atoms with Crippen molar-refractivity contribution in [3.05, 3.63) is 47.8 Å². The lowest BCUT2D eigenvalue weighted by Gasteiger charge is -2.22. The van der Waals surface area contributed by atoms with Crippen molar-refractivity contribution in [2.45, 2.75) is 20.0 Å². The minimum Gasteiger partial charge on any atom is -0.496 e. The van der Waals surface area contributed by atoms with Crippen molar-refractivity contribution >= 4 is 11.6 Å². The molecule has 0 radical (unpaired) electrons. The fourth-order valence-corrected chi connectivity index (χ4v) is 2.97. The summed E-state index contributed by atoms with van der Waals surface area (Å²) in [6.45, 7) is 3.11. The van der Waals surface area contributed by atoms with Gasteiger partial charge in [0.05, 0.1) is 13.7 Å². The molecule has 5 heteroatoms. The van der Waals surface area contributed by atoms with Crippen LogP contribution in [0.3, 0.4) is 0 Å². The minimum absolute atomic E-state index is 0.0355. The van der Waals surface area contributed by atoms with Crippen LogP contribution in [0.4, 0.5) is 10.1 Å². The molecule has 3 rings (SSSR count). The van der Waals surface area contributed by atoms with Crippen LogP contribution in [0.5, 0.6) is 5.75 Å². The Kier molecular flexibility index (Phi) is 4.81. The van der Waals surface area contributed by atoms with E-state index in [1.54, 1.807) is 18.1 Å². The van der Waals surface area contributed by atoms with Gasteiger partial charge in [-0.05, 0) is 42.3 Å². The van der Waals surface area contributed by atoms with Gasteiger partial charge in [0.15, 0.2) is 0 Å². The number of methoxy groups -OCH3 is 1. The Hall–Kier alpha value is -2.40. The molecule has 0 spiro atoms. The molecule has 2 aromatic carbocycles. The number of carbonyl (C=O) groups is 1. The van der Waals surface area contributed by atoms with E-state index in [0.717, 1.165) is 23.2 Å². The molecular weight excluding hydrogens is 309 g/mol. The quantitative estimate of drug-likeness (QED) is 0.857. The highest BCUT2D eigenvalue weighted by Gasteiger charge is 2.22. The Morgan fingerprint density at radius 1 is 1.21 bits per heavy atom. The minimum atomic E-state index is -0.320. The van der Waals surface area contributed by atoms with Crippen LogP contribution in [-0.4, -0.2) is 26.2 Å². The van der Waals surface area contributed by atoms with Crippen LogP contribution >= 0.6 is 0 Å². The summed E-state index contributed by atoms with van der Waals surface area (Å²) in [4.78, 5) is 14.0. The maximum absolute atomic E-state index is 13.7. The Morgan fingerprint density at radius 3 is 2.79 bits per heavy atom. The van der Waals surface area contributed by atoms with Crippen molar-refractivity contribution in [2.24, 2.45) is 0 Å². The molecule has 0 aromatic heterocycles. The van der Waals surface area contributed by atoms with E-state index in [0.29, 0.717) is 24.5 Å². The summed E-state index contributed by atoms with van der Waals surface area (Å²) < 4.78 is 24.5. The standard InChI is InChI=1S/C19H20FNO3/c1-3-8-21-17-6-4-13(9-14(17)11-24-12-19(21)22)16-10-15(20)5-7-18(16)23-2/h4-7,9-10H,3,8,11-12H2,1-2H3. The lowest BCUT2D eigenvalue weighted by Crippen LogP contribution is -2.33. The number of amides is 1. The van der Waals surface area contributed by atoms with Gasteiger partial charge in [0.1, 0.15) is 18.2 Å². The van der Waals surface area contributed by atoms with E-state index in [1.807, 2.05) is 25.1 Å². The van der Waals surface area contributed by atoms with Gasteiger partial charge in [-0.15, -0.1) is 0 Å². The molecule has 0 saturated carbocycles. The number of nitrogens with zero attached hydrogens (tertiary/aromatic N) is 1. The zero-order valence-corrected chi connectivity index (χ0v) is 13.8. The first-order valence-electron chi connectivity index (χ1n) is 7.99. The number of hydrogen-bond donors (Lipinski definition) is 0. The van der Waals surface area contributed by atoms with Gasteiger partial charge in [0, 0.05) is 23.4 Å². The maximum Gasteiger partial charge on any atom is 0.252 e. The Bertz CT molecular complexity index is 760. The van der Waals surface area contributed by atoms with Gasteiger partial charge in [-0.2, -0.15) is 0 Å². The molecule has 0 N–H and O–H groups in total. The van der Waals surface area contributed by atoms with Gasteiger partial charge < -0.3 is 14.4 Å². The molecule has 1 aliphatic heterocycles. The molecule has 1 amide bonds. The highest BCUT2D eigenvalue weighted by atomic mass is 19.1. The van der Waals surface area contributed by atoms with Crippen LogP contribution in [0.25, 0.3) is 11.1 Å². The number of halogens is 1. The van der Waals surface area contributed by atoms with Crippen LogP contribution in [0.1, 0.15) is 18.9 Å². The van der Waals surface area contributed by atoms with Gasteiger partial charge in [0.25, 0.3) is 5.91 Å². The average molecular weight is 329 g/mol. The normalized spacial score (nSPS) is 14.3. The SMILES string of the molecule is CCCN1C(=O)COCc2cc(-c3cc(F)ccc3OC)ccc21. The van der Waals surface area contributed by atoms with Crippen LogP contribution < -0.4 is 9.64 Å². The predicted octanol–water partition coefficient (Wildman–Crippen LogP) is 3.77. The number of ether oxygens (including phenoxy) is 2. The second-order valence-electron chi connectivity index (χ2n) is 5.73. The Morgan fingerprint density at radius 2 is 2.04 bits per heavy atom. The van der Waals surface area contributed by atoms with E-state index < -0.39 is 0 Å². The van der Waals surface area contributed by atoms with Crippen molar-refractivity contribution in [3.63, 3.8) is 0 Å². The van der Waals surface area contributed by atoms with Crippen molar-refractivity contribution in [3.8, 4) is 16.9 Å². The molecule has 0 unspecified atom stereocenters. The summed E-state index contributed by atoms with van der Waals surface area (Å²) in [5, 5.41) is 0. The van der Waals surface area contributed by atoms with E-state index in [2.05, 4.69) is 0 Å². The second-order valence-corrected chi connectivity index (χ2v) is 5.73. The molecule has 24 heavy (non-hydrogen) atoms. The average Bonchev–Trinajstić information content (AvgIpc) is 2.74. The van der Waals surface area contributed by atoms with Gasteiger partial charge >= 0.3 is 0 Å². The molecule has 0 fully saturated rings. The van der Waals surface area contributed by atoms with E-state index >= 15 is 0 Å². The highest BCUT2D eigenvalue weighted by molar-refractivity contribution is 5.96. The first-order valence-corrected chi connectivity index (χ1v) is 7.99. The third-order valence-corrected chi connectivity index (χ3v) is 4.07. The molecule has 0 aliphatic carbocycles. The van der Waals surface area contributed by atoms with Gasteiger partial charge in [-0.25, -0.2) is 4.39 Å². The third-order valence-electron chi connectivity index (χ3n) is 4.07. The zero-order chi connectivity index (χ0) is 17.1. The number of fused-ring (bicyclic) bond motifs is 1. The summed E-state index contributed by atoms with van der Waals surface area (Å²) in [5.74, 6) is 0.249. The Balaban J connectivity index is 2.07. The first-order chi connectivity index (χ1) is 11.6. The summed E-state index contributed by atoms with van der Waals surface area (Å²) >= 11 is 0. The van der Waals surface area contributed by atoms with Crippen LogP contribution in [0.2, 0.25) is 0 Å². The molecule has 4 nitrogen and oxygen atoms in total. The molecule has 0 saturated heterocycles. The lowest BCUT2D eigenvalue weighted by atomic mass is 10.0. The third kappa shape index (κ3) is 3.12. The first kappa shape index (κ1) is 16.5. The van der Waals surface area contributed by atoms with Crippen LogP contribution in [-0.2, 0) is 16.1 Å². The summed E-state index contributed by atoms with van der Waals surface area (Å²) in [7, 11) is 1.56. The molecule has 2 aromatic rings. The van der Waals surface area contributed by atoms with Crippen molar-refractivity contribution in [1.29, 1.82) is 0 Å². The fraction of sp³-hybridized carbons (Fsp3) is 0.316. The lowest BCUT2D eigenvalue weighted by molar-refractivity contribution is -0.123. The maximum atomic E-state index is 13.7. The van der Waals surface area contributed by atoms with Crippen LogP contribution in [0.15, 0.2) is 36.4 Å². The number of benzene rings is 2. The number of anilines is 1. The molecule has 0 bridgehead atoms. The second kappa shape index (κ2) is 7.01. The summed E-state index contributed by atoms with van der Waals surface area (Å²) in [6.07, 6.45) is 0.866. The number of rotatable bonds is 4. The summed E-state index contributed by atoms with van der Waals surface area (Å²) in [6, 6.07) is 10.2. The zero-order valence-electron chi connectivity index (χ0n) is 13.8. The fourth-order valence-electron chi connectivity index (χ4n) is 2.97. The van der Waals surface area contributed by atoms with Gasteiger partial charge in [-0.3, -0.25) is 4.79 Å². The van der Waals surface area contributed by atoms with E-state index in [4.69, 9.17) is 9.47 Å². The van der Waals surface area contributed by atoms with E-state index in [1.165, 1.54) is 12.1 Å². The molecule has 1 heterocycles. The van der Waals surface area contributed by atoms with Crippen molar-refractivity contribution < 1.29 is 18.7 Å². The van der Waals surface area contributed by atoms with Crippen molar-refractivity contribution in [2.75, 3.05) is 25.2 Å². The van der Waals surface area contributed by atoms with Gasteiger partial charge in [-0.1, -0.05) is 13.0 Å². The van der Waals surface area contributed by atoms with E-state index in [-0.39, 0.29) is 18.3 Å². The predicted molar refractivity (Wildman–Crippen MR) is 90.7 cm³/mol. The molecule has 0 atom stereocenters. The largest absolute Gasteiger partial charge is 0.496 e. The topological polar surface area (TPSA) is 38.8 Å². The highest BCUT2D eigenvalue weighted by Crippen LogP contribution is 2.35. The monoisotopic (exact) mass is 329 g/mol. The summed E-state index contributed by atoms with van der Waals surface area (Å²) in [5.41, 5.74) is 3.29. The van der Waals surface area contributed by atoms with Gasteiger partial charge in [0.2, 0.25) is 0 Å². The smallest absolute Gasteiger partial charge is 0.252 e. The van der Waals surface area contributed by atoms with E-state index in [9.17, 15) is 9.18 Å². The van der Waals surface area contributed by atoms with Crippen molar-refractivity contribution in [1.82, 2.24) is 0 Å². The number of carbonyl (C=O) groups excluding carboxylic acids is 1.